The molecule has 20 heavy (non-hydrogen) atoms. The van der Waals surface area contributed by atoms with Gasteiger partial charge in [0.05, 0.1) is 18.6 Å². The number of hydrogen-bond acceptors (Lipinski definition) is 5. The number of amides is 1. The molecule has 0 saturated carbocycles. The van der Waals surface area contributed by atoms with Crippen molar-refractivity contribution in [3.05, 3.63) is 7.05 Å². The Hall–Kier alpha value is 1.10. The number of aliphatic hydroxyl groups is 2. The molecule has 0 aliphatic carbocycles. The molecule has 8 heteroatoms. The molecule has 2 unspecified atom stereocenters. The second kappa shape index (κ2) is 16.5. The molecule has 0 aromatic carbocycles. The first-order valence-electron chi connectivity index (χ1n) is 5.73. The zero-order valence-electron chi connectivity index (χ0n) is 12.9. The third-order valence-corrected chi connectivity index (χ3v) is 1.81. The fourth-order valence-electron chi connectivity index (χ4n) is 1.01. The summed E-state index contributed by atoms with van der Waals surface area (Å²) in [6.45, 7) is 6.90. The summed E-state index contributed by atoms with van der Waals surface area (Å²) in [6.07, 6.45) is -1.07. The van der Waals surface area contributed by atoms with E-state index in [1.807, 2.05) is 0 Å². The average Bonchev–Trinajstić information content (AvgIpc) is 2.25. The largest absolute Gasteiger partial charge is 0.508 e. The first-order chi connectivity index (χ1) is 8.19. The normalized spacial score (nSPS) is 13.8. The topological polar surface area (TPSA) is 88.0 Å². The maximum absolute atomic E-state index is 11.4. The number of ether oxygens (including phenoxy) is 2. The van der Waals surface area contributed by atoms with Crippen molar-refractivity contribution in [2.45, 2.75) is 40.1 Å². The van der Waals surface area contributed by atoms with Crippen LogP contribution in [-0.4, -0.2) is 48.8 Å². The van der Waals surface area contributed by atoms with Gasteiger partial charge < -0.3 is 25.0 Å². The third kappa shape index (κ3) is 17.2. The number of rotatable bonds is 6. The Kier molecular flexibility index (Phi) is 24.0. The Balaban J connectivity index is -0.000000188. The van der Waals surface area contributed by atoms with Crippen molar-refractivity contribution < 1.29 is 78.3 Å². The molecule has 0 fully saturated rings. The van der Waals surface area contributed by atoms with E-state index in [0.717, 1.165) is 0 Å². The number of carbonyl (C=O) groups is 1. The number of aliphatic hydroxyl groups excluding tert-OH is 2. The van der Waals surface area contributed by atoms with Crippen LogP contribution in [0.5, 0.6) is 0 Å². The van der Waals surface area contributed by atoms with E-state index in [1.165, 1.54) is 14.0 Å². The molecule has 0 spiro atoms. The Morgan fingerprint density at radius 1 is 1.30 bits per heavy atom. The van der Waals surface area contributed by atoms with Crippen molar-refractivity contribution in [1.29, 1.82) is 0 Å². The second-order valence-electron chi connectivity index (χ2n) is 4.50. The Bertz CT molecular complexity index is 229. The van der Waals surface area contributed by atoms with E-state index in [2.05, 4.69) is 12.4 Å². The molecule has 3 N–H and O–H groups in total. The fourth-order valence-corrected chi connectivity index (χ4v) is 1.01. The van der Waals surface area contributed by atoms with E-state index in [1.54, 1.807) is 20.8 Å². The van der Waals surface area contributed by atoms with Crippen LogP contribution in [0.4, 0.5) is 0 Å². The van der Waals surface area contributed by atoms with Crippen molar-refractivity contribution in [3.63, 3.8) is 0 Å². The predicted octanol–water partition coefficient (Wildman–Crippen LogP) is 0.284. The summed E-state index contributed by atoms with van der Waals surface area (Å²) in [5, 5.41) is 19.3. The van der Waals surface area contributed by atoms with Crippen LogP contribution in [0.1, 0.15) is 27.7 Å². The van der Waals surface area contributed by atoms with E-state index in [9.17, 15) is 4.79 Å². The van der Waals surface area contributed by atoms with Crippen LogP contribution >= 0.6 is 0 Å². The standard InChI is InChI=1S/C9H18NO4.C3H8O.W.Y/c1-7(11)14-6-9(2,5-13-4)8(12)10-3;1-3(2)4;;/h7,11H,3,5-6H2,1-2,4H3,(H,10,12);3-4H,1-2H3;;/q-1;;;. The van der Waals surface area contributed by atoms with Crippen LogP contribution < -0.4 is 5.32 Å². The van der Waals surface area contributed by atoms with E-state index in [-0.39, 0.29) is 79.0 Å². The van der Waals surface area contributed by atoms with Crippen LogP contribution in [-0.2, 0) is 68.0 Å². The van der Waals surface area contributed by atoms with Gasteiger partial charge in [-0.25, -0.2) is 0 Å². The van der Waals surface area contributed by atoms with Gasteiger partial charge in [0.15, 0.2) is 6.29 Å². The van der Waals surface area contributed by atoms with Gasteiger partial charge in [0.1, 0.15) is 0 Å². The van der Waals surface area contributed by atoms with Gasteiger partial charge in [-0.05, 0) is 27.7 Å². The predicted molar refractivity (Wildman–Crippen MR) is 68.5 cm³/mol. The SMILES string of the molecule is CC(C)O.[CH2-]NC(=O)C(C)(COC)COC(C)O.[W].[Y]. The van der Waals surface area contributed by atoms with Gasteiger partial charge >= 0.3 is 0 Å². The smallest absolute Gasteiger partial charge is 0.201 e. The molecule has 0 aromatic heterocycles. The first kappa shape index (κ1) is 29.2. The zero-order valence-corrected chi connectivity index (χ0v) is 18.7. The zero-order chi connectivity index (χ0) is 14.8. The fraction of sp³-hybridized carbons (Fsp3) is 0.833. The van der Waals surface area contributed by atoms with E-state index < -0.39 is 11.7 Å². The van der Waals surface area contributed by atoms with Gasteiger partial charge in [0.25, 0.3) is 0 Å². The van der Waals surface area contributed by atoms with Gasteiger partial charge in [-0.3, -0.25) is 11.8 Å². The van der Waals surface area contributed by atoms with Crippen LogP contribution in [0, 0.1) is 12.5 Å². The summed E-state index contributed by atoms with van der Waals surface area (Å²) in [5.41, 5.74) is -0.826. The van der Waals surface area contributed by atoms with Gasteiger partial charge in [-0.15, -0.1) is 0 Å². The molecule has 119 valence electrons. The molecular formula is C12H26NO5WY-. The van der Waals surface area contributed by atoms with Crippen molar-refractivity contribution in [1.82, 2.24) is 5.32 Å². The minimum absolute atomic E-state index is 0. The Morgan fingerprint density at radius 2 is 1.70 bits per heavy atom. The van der Waals surface area contributed by atoms with Gasteiger partial charge in [-0.2, -0.15) is 0 Å². The van der Waals surface area contributed by atoms with Crippen LogP contribution in [0.2, 0.25) is 0 Å². The van der Waals surface area contributed by atoms with E-state index >= 15 is 0 Å². The van der Waals surface area contributed by atoms with Crippen LogP contribution in [0.3, 0.4) is 0 Å². The van der Waals surface area contributed by atoms with E-state index in [0.29, 0.717) is 0 Å². The monoisotopic (exact) mass is 537 g/mol. The van der Waals surface area contributed by atoms with Crippen molar-refractivity contribution in [2.75, 3.05) is 20.3 Å². The number of carbonyl (C=O) groups excluding carboxylic acids is 1. The minimum atomic E-state index is -0.899. The molecule has 1 radical (unpaired) electrons. The van der Waals surface area contributed by atoms with Crippen molar-refractivity contribution in [2.24, 2.45) is 5.41 Å². The summed E-state index contributed by atoms with van der Waals surface area (Å²) < 4.78 is 9.88. The van der Waals surface area contributed by atoms with Gasteiger partial charge in [-0.1, -0.05) is 0 Å². The molecule has 6 nitrogen and oxygen atoms in total. The molecule has 0 bridgehead atoms. The number of nitrogens with one attached hydrogen (secondary N) is 1. The summed E-state index contributed by atoms with van der Waals surface area (Å²) in [4.78, 5) is 11.4. The molecule has 0 heterocycles. The van der Waals surface area contributed by atoms with E-state index in [4.69, 9.17) is 19.7 Å². The first-order valence-corrected chi connectivity index (χ1v) is 5.73. The average molecular weight is 537 g/mol. The maximum Gasteiger partial charge on any atom is 0.201 e. The van der Waals surface area contributed by atoms with Crippen molar-refractivity contribution >= 4 is 5.91 Å². The molecule has 0 saturated heterocycles. The minimum Gasteiger partial charge on any atom is -0.508 e. The second-order valence-corrected chi connectivity index (χ2v) is 4.50. The summed E-state index contributed by atoms with van der Waals surface area (Å²) in [5.74, 6) is -0.278. The van der Waals surface area contributed by atoms with Gasteiger partial charge in [0, 0.05) is 67.0 Å². The number of hydrogen-bond donors (Lipinski definition) is 3. The summed E-state index contributed by atoms with van der Waals surface area (Å²) >= 11 is 0. The van der Waals surface area contributed by atoms with Gasteiger partial charge in [0.2, 0.25) is 5.91 Å². The maximum atomic E-state index is 11.4. The summed E-state index contributed by atoms with van der Waals surface area (Å²) in [6, 6.07) is 0. The Morgan fingerprint density at radius 3 is 1.95 bits per heavy atom. The van der Waals surface area contributed by atoms with Crippen LogP contribution in [0.15, 0.2) is 0 Å². The third-order valence-electron chi connectivity index (χ3n) is 1.81. The molecule has 0 aliphatic heterocycles. The number of methoxy groups -OCH3 is 1. The molecule has 0 aliphatic rings. The molecule has 0 aromatic rings. The molecular weight excluding hydrogens is 511 g/mol. The van der Waals surface area contributed by atoms with Crippen LogP contribution in [0.25, 0.3) is 0 Å². The molecule has 2 atom stereocenters. The quantitative estimate of drug-likeness (QED) is 0.335. The summed E-state index contributed by atoms with van der Waals surface area (Å²) in [7, 11) is 4.78. The molecule has 0 rings (SSSR count). The molecule has 1 amide bonds. The Labute approximate surface area is 161 Å². The van der Waals surface area contributed by atoms with Crippen molar-refractivity contribution in [3.8, 4) is 0 Å².